The summed E-state index contributed by atoms with van der Waals surface area (Å²) in [5, 5.41) is 0. The summed E-state index contributed by atoms with van der Waals surface area (Å²) in [7, 11) is -8.78. The zero-order valence-electron chi connectivity index (χ0n) is 16.3. The highest BCUT2D eigenvalue weighted by Gasteiger charge is 2.32. The maximum atomic E-state index is 13.8. The van der Waals surface area contributed by atoms with E-state index >= 15 is 0 Å². The predicted molar refractivity (Wildman–Crippen MR) is 111 cm³/mol. The van der Waals surface area contributed by atoms with E-state index in [1.54, 1.807) is 19.1 Å². The van der Waals surface area contributed by atoms with Gasteiger partial charge in [0.25, 0.3) is 20.0 Å². The van der Waals surface area contributed by atoms with Crippen molar-refractivity contribution >= 4 is 31.4 Å². The first-order valence-electron chi connectivity index (χ1n) is 8.87. The molecule has 0 heterocycles. The van der Waals surface area contributed by atoms with Crippen LogP contribution in [0.5, 0.6) is 0 Å². The van der Waals surface area contributed by atoms with Crippen molar-refractivity contribution in [1.29, 1.82) is 0 Å². The Morgan fingerprint density at radius 1 is 0.719 bits per heavy atom. The van der Waals surface area contributed by atoms with Gasteiger partial charge in [-0.1, -0.05) is 23.8 Å². The van der Waals surface area contributed by atoms with Crippen LogP contribution < -0.4 is 9.44 Å². The van der Waals surface area contributed by atoms with E-state index in [4.69, 9.17) is 0 Å². The molecule has 0 aliphatic rings. The van der Waals surface area contributed by atoms with E-state index in [-0.39, 0.29) is 10.6 Å². The second-order valence-corrected chi connectivity index (χ2v) is 10.1. The highest BCUT2D eigenvalue weighted by atomic mass is 32.2. The molecular weight excluding hydrogens is 472 g/mol. The number of nitrogens with one attached hydrogen (secondary N) is 2. The van der Waals surface area contributed by atoms with Gasteiger partial charge in [-0.25, -0.2) is 21.2 Å². The molecule has 3 rings (SSSR count). The van der Waals surface area contributed by atoms with Gasteiger partial charge in [-0.2, -0.15) is 13.2 Å². The Labute approximate surface area is 182 Å². The molecular formula is C20H16F4N2O4S2. The first kappa shape index (κ1) is 23.5. The summed E-state index contributed by atoms with van der Waals surface area (Å²) < 4.78 is 107. The second kappa shape index (κ2) is 8.43. The lowest BCUT2D eigenvalue weighted by Gasteiger charge is -2.15. The van der Waals surface area contributed by atoms with E-state index in [1.807, 2.05) is 4.72 Å². The van der Waals surface area contributed by atoms with Gasteiger partial charge in [-0.3, -0.25) is 9.44 Å². The average molecular weight is 488 g/mol. The molecule has 0 aromatic heterocycles. The molecule has 0 aliphatic carbocycles. The molecule has 0 radical (unpaired) electrons. The molecule has 0 saturated heterocycles. The Kier molecular flexibility index (Phi) is 6.20. The van der Waals surface area contributed by atoms with Gasteiger partial charge in [0.15, 0.2) is 0 Å². The minimum atomic E-state index is -4.78. The van der Waals surface area contributed by atoms with Crippen LogP contribution in [0.4, 0.5) is 28.9 Å². The number of alkyl halides is 3. The third-order valence-electron chi connectivity index (χ3n) is 4.27. The molecule has 0 amide bonds. The van der Waals surface area contributed by atoms with Crippen molar-refractivity contribution < 1.29 is 34.4 Å². The summed E-state index contributed by atoms with van der Waals surface area (Å²) >= 11 is 0. The van der Waals surface area contributed by atoms with Gasteiger partial charge in [0.05, 0.1) is 26.7 Å². The summed E-state index contributed by atoms with van der Waals surface area (Å²) in [4.78, 5) is -0.858. The number of rotatable bonds is 6. The fourth-order valence-electron chi connectivity index (χ4n) is 2.65. The summed E-state index contributed by atoms with van der Waals surface area (Å²) in [5.74, 6) is -0.898. The zero-order chi connectivity index (χ0) is 23.7. The molecule has 6 nitrogen and oxygen atoms in total. The predicted octanol–water partition coefficient (Wildman–Crippen LogP) is 4.75. The van der Waals surface area contributed by atoms with E-state index in [0.717, 1.165) is 29.8 Å². The van der Waals surface area contributed by atoms with Crippen molar-refractivity contribution in [2.75, 3.05) is 9.44 Å². The quantitative estimate of drug-likeness (QED) is 0.490. The SMILES string of the molecule is Cc1ccc(S(=O)(=O)Nc2ccc(F)cc2NS(=O)(=O)c2cccc(C(F)(F)F)c2)cc1. The Balaban J connectivity index is 1.97. The molecule has 0 bridgehead atoms. The Hall–Kier alpha value is -3.12. The number of halogens is 4. The van der Waals surface area contributed by atoms with Crippen LogP contribution in [0.2, 0.25) is 0 Å². The summed E-state index contributed by atoms with van der Waals surface area (Å²) in [6.45, 7) is 1.75. The Bertz CT molecular complexity index is 1360. The lowest BCUT2D eigenvalue weighted by atomic mass is 10.2. The zero-order valence-corrected chi connectivity index (χ0v) is 17.9. The van der Waals surface area contributed by atoms with Crippen LogP contribution in [0.25, 0.3) is 0 Å². The maximum absolute atomic E-state index is 13.8. The van der Waals surface area contributed by atoms with Crippen molar-refractivity contribution in [1.82, 2.24) is 0 Å². The molecule has 0 aliphatic heterocycles. The van der Waals surface area contributed by atoms with E-state index in [9.17, 15) is 34.4 Å². The normalized spacial score (nSPS) is 12.4. The lowest BCUT2D eigenvalue weighted by molar-refractivity contribution is -0.137. The van der Waals surface area contributed by atoms with Gasteiger partial charge in [-0.05, 0) is 49.4 Å². The number of benzene rings is 3. The van der Waals surface area contributed by atoms with E-state index in [2.05, 4.69) is 4.72 Å². The molecule has 0 unspecified atom stereocenters. The molecule has 0 fully saturated rings. The smallest absolute Gasteiger partial charge is 0.277 e. The second-order valence-electron chi connectivity index (χ2n) is 6.74. The molecule has 0 saturated carbocycles. The summed E-state index contributed by atoms with van der Waals surface area (Å²) in [6.07, 6.45) is -4.78. The van der Waals surface area contributed by atoms with Crippen LogP contribution in [-0.2, 0) is 26.2 Å². The van der Waals surface area contributed by atoms with Crippen molar-refractivity contribution in [3.8, 4) is 0 Å². The third kappa shape index (κ3) is 5.37. The summed E-state index contributed by atoms with van der Waals surface area (Å²) in [6, 6.07) is 11.3. The van der Waals surface area contributed by atoms with E-state index in [0.29, 0.717) is 18.2 Å². The van der Waals surface area contributed by atoms with Gasteiger partial charge >= 0.3 is 6.18 Å². The van der Waals surface area contributed by atoms with Crippen molar-refractivity contribution in [3.63, 3.8) is 0 Å². The topological polar surface area (TPSA) is 92.3 Å². The molecule has 3 aromatic carbocycles. The van der Waals surface area contributed by atoms with E-state index in [1.165, 1.54) is 12.1 Å². The maximum Gasteiger partial charge on any atom is 0.416 e. The van der Waals surface area contributed by atoms with Crippen molar-refractivity contribution in [2.24, 2.45) is 0 Å². The lowest BCUT2D eigenvalue weighted by Crippen LogP contribution is -2.18. The number of hydrogen-bond donors (Lipinski definition) is 2. The highest BCUT2D eigenvalue weighted by molar-refractivity contribution is 7.93. The fourth-order valence-corrected chi connectivity index (χ4v) is 4.85. The van der Waals surface area contributed by atoms with Gasteiger partial charge in [0.1, 0.15) is 5.82 Å². The van der Waals surface area contributed by atoms with Crippen LogP contribution in [0.1, 0.15) is 11.1 Å². The van der Waals surface area contributed by atoms with Gasteiger partial charge in [0, 0.05) is 6.07 Å². The van der Waals surface area contributed by atoms with E-state index < -0.39 is 48.2 Å². The summed E-state index contributed by atoms with van der Waals surface area (Å²) in [5.41, 5.74) is -1.21. The van der Waals surface area contributed by atoms with Gasteiger partial charge in [-0.15, -0.1) is 0 Å². The number of sulfonamides is 2. The fraction of sp³-hybridized carbons (Fsp3) is 0.100. The molecule has 170 valence electrons. The van der Waals surface area contributed by atoms with Gasteiger partial charge < -0.3 is 0 Å². The number of anilines is 2. The molecule has 2 N–H and O–H groups in total. The standard InChI is InChI=1S/C20H16F4N2O4S2/c1-13-5-8-16(9-6-13)31(27,28)25-18-10-7-15(21)12-19(18)26-32(29,30)17-4-2-3-14(11-17)20(22,23)24/h2-12,25-26H,1H3. The molecule has 3 aromatic rings. The number of hydrogen-bond acceptors (Lipinski definition) is 4. The average Bonchev–Trinajstić information content (AvgIpc) is 2.69. The molecule has 0 spiro atoms. The minimum Gasteiger partial charge on any atom is -0.277 e. The highest BCUT2D eigenvalue weighted by Crippen LogP contribution is 2.32. The van der Waals surface area contributed by atoms with Crippen LogP contribution in [0.3, 0.4) is 0 Å². The number of aryl methyl sites for hydroxylation is 1. The van der Waals surface area contributed by atoms with Crippen LogP contribution in [-0.4, -0.2) is 16.8 Å². The van der Waals surface area contributed by atoms with Gasteiger partial charge in [0.2, 0.25) is 0 Å². The first-order valence-corrected chi connectivity index (χ1v) is 11.8. The molecule has 0 atom stereocenters. The molecule has 12 heteroatoms. The van der Waals surface area contributed by atoms with Crippen LogP contribution in [0.15, 0.2) is 76.5 Å². The van der Waals surface area contributed by atoms with Crippen LogP contribution in [0, 0.1) is 12.7 Å². The minimum absolute atomic E-state index is 0.126. The first-order chi connectivity index (χ1) is 14.8. The van der Waals surface area contributed by atoms with Crippen molar-refractivity contribution in [2.45, 2.75) is 22.9 Å². The monoisotopic (exact) mass is 488 g/mol. The molecule has 32 heavy (non-hydrogen) atoms. The third-order valence-corrected chi connectivity index (χ3v) is 7.02. The van der Waals surface area contributed by atoms with Crippen LogP contribution >= 0.6 is 0 Å². The Morgan fingerprint density at radius 2 is 1.31 bits per heavy atom. The Morgan fingerprint density at radius 3 is 1.94 bits per heavy atom. The van der Waals surface area contributed by atoms with Crippen molar-refractivity contribution in [3.05, 3.63) is 83.7 Å². The largest absolute Gasteiger partial charge is 0.416 e.